The van der Waals surface area contributed by atoms with Crippen molar-refractivity contribution >= 4 is 23.6 Å². The summed E-state index contributed by atoms with van der Waals surface area (Å²) in [6.45, 7) is 14.4. The molecule has 1 aromatic carbocycles. The first-order valence-electron chi connectivity index (χ1n) is 15.6. The minimum absolute atomic E-state index is 0.166. The van der Waals surface area contributed by atoms with Gasteiger partial charge in [-0.1, -0.05) is 12.1 Å². The number of nitrogens with zero attached hydrogens (tertiary/aromatic N) is 6. The number of rotatable bonds is 9. The van der Waals surface area contributed by atoms with Gasteiger partial charge in [0.25, 0.3) is 0 Å². The molecule has 4 heterocycles. The highest BCUT2D eigenvalue weighted by Crippen LogP contribution is 2.27. The lowest BCUT2D eigenvalue weighted by atomic mass is 9.99. The molecule has 5 rings (SSSR count). The largest absolute Gasteiger partial charge is 0.444 e. The molecule has 0 bridgehead atoms. The van der Waals surface area contributed by atoms with Gasteiger partial charge in [-0.15, -0.1) is 0 Å². The van der Waals surface area contributed by atoms with Crippen LogP contribution in [-0.2, 0) is 20.7 Å². The van der Waals surface area contributed by atoms with Crippen LogP contribution in [0.25, 0.3) is 11.3 Å². The van der Waals surface area contributed by atoms with Gasteiger partial charge in [0.15, 0.2) is 0 Å². The van der Waals surface area contributed by atoms with Crippen molar-refractivity contribution in [2.45, 2.75) is 91.1 Å². The van der Waals surface area contributed by atoms with Gasteiger partial charge in [0.05, 0.1) is 35.8 Å². The Kier molecular flexibility index (Phi) is 9.53. The molecule has 11 nitrogen and oxygen atoms in total. The van der Waals surface area contributed by atoms with Crippen LogP contribution >= 0.6 is 0 Å². The Balaban J connectivity index is 1.13. The lowest BCUT2D eigenvalue weighted by Gasteiger charge is -2.40. The van der Waals surface area contributed by atoms with Gasteiger partial charge >= 0.3 is 6.09 Å². The van der Waals surface area contributed by atoms with E-state index < -0.39 is 5.60 Å². The lowest BCUT2D eigenvalue weighted by Crippen LogP contribution is -2.55. The SMILES string of the molecule is Cc1cc(-c2ccnc(Nc3cnn(C4CCN(C(=O)OC(C)(C)C)CC4)c3)n2)ccc1CCC(=O)N1CC(OC(C)C)C1. The van der Waals surface area contributed by atoms with Crippen molar-refractivity contribution in [3.63, 3.8) is 0 Å². The van der Waals surface area contributed by atoms with Crippen LogP contribution in [0.15, 0.2) is 42.9 Å². The third-order valence-corrected chi connectivity index (χ3v) is 7.92. The maximum Gasteiger partial charge on any atom is 0.410 e. The second kappa shape index (κ2) is 13.3. The average Bonchev–Trinajstić information content (AvgIpc) is 3.41. The van der Waals surface area contributed by atoms with Gasteiger partial charge < -0.3 is 24.6 Å². The molecule has 11 heteroatoms. The van der Waals surface area contributed by atoms with Gasteiger partial charge in [-0.2, -0.15) is 5.10 Å². The van der Waals surface area contributed by atoms with Crippen LogP contribution in [-0.4, -0.2) is 85.5 Å². The molecular weight excluding hydrogens is 558 g/mol. The number of carbonyl (C=O) groups is 2. The van der Waals surface area contributed by atoms with Gasteiger partial charge in [-0.3, -0.25) is 9.48 Å². The van der Waals surface area contributed by atoms with E-state index in [0.29, 0.717) is 45.0 Å². The normalized spacial score (nSPS) is 16.2. The van der Waals surface area contributed by atoms with Crippen LogP contribution < -0.4 is 5.32 Å². The zero-order chi connectivity index (χ0) is 31.4. The Hall–Kier alpha value is -3.99. The molecule has 2 aliphatic heterocycles. The van der Waals surface area contributed by atoms with E-state index in [1.54, 1.807) is 17.3 Å². The predicted octanol–water partition coefficient (Wildman–Crippen LogP) is 5.53. The zero-order valence-electron chi connectivity index (χ0n) is 26.7. The molecule has 2 aliphatic rings. The molecular formula is C33H45N7O4. The van der Waals surface area contributed by atoms with Gasteiger partial charge in [-0.05, 0) is 84.1 Å². The van der Waals surface area contributed by atoms with Crippen molar-refractivity contribution in [1.82, 2.24) is 29.5 Å². The van der Waals surface area contributed by atoms with E-state index in [4.69, 9.17) is 14.5 Å². The van der Waals surface area contributed by atoms with Crippen LogP contribution in [0.4, 0.5) is 16.4 Å². The lowest BCUT2D eigenvalue weighted by molar-refractivity contribution is -0.148. The molecule has 2 aromatic heterocycles. The third-order valence-electron chi connectivity index (χ3n) is 7.92. The standard InChI is InChI=1S/C33H45N7O4/c1-22(2)43-28-20-39(21-28)30(41)10-9-24-7-8-25(17-23(24)3)29-11-14-34-31(37-29)36-26-18-35-40(19-26)27-12-15-38(16-13-27)32(42)44-33(4,5)6/h7-8,11,14,17-19,22,27-28H,9-10,12-13,15-16,20-21H2,1-6H3,(H,34,36,37). The van der Waals surface area contributed by atoms with Gasteiger partial charge in [0.2, 0.25) is 11.9 Å². The molecule has 236 valence electrons. The molecule has 0 aliphatic carbocycles. The highest BCUT2D eigenvalue weighted by atomic mass is 16.6. The van der Waals surface area contributed by atoms with Crippen LogP contribution in [0.3, 0.4) is 0 Å². The second-order valence-electron chi connectivity index (χ2n) is 13.0. The van der Waals surface area contributed by atoms with Crippen LogP contribution in [0.5, 0.6) is 0 Å². The Morgan fingerprint density at radius 1 is 1.09 bits per heavy atom. The van der Waals surface area contributed by atoms with Crippen LogP contribution in [0.1, 0.15) is 71.0 Å². The number of likely N-dealkylation sites (tertiary alicyclic amines) is 2. The third kappa shape index (κ3) is 8.13. The molecule has 2 amide bonds. The average molecular weight is 604 g/mol. The molecule has 44 heavy (non-hydrogen) atoms. The predicted molar refractivity (Wildman–Crippen MR) is 169 cm³/mol. The quantitative estimate of drug-likeness (QED) is 0.340. The van der Waals surface area contributed by atoms with E-state index in [1.165, 1.54) is 0 Å². The number of aromatic nitrogens is 4. The number of amides is 2. The summed E-state index contributed by atoms with van der Waals surface area (Å²) in [5.74, 6) is 0.668. The Bertz CT molecular complexity index is 1450. The fourth-order valence-electron chi connectivity index (χ4n) is 5.60. The maximum absolute atomic E-state index is 12.6. The van der Waals surface area contributed by atoms with Gasteiger partial charge in [0.1, 0.15) is 5.60 Å². The number of benzene rings is 1. The van der Waals surface area contributed by atoms with E-state index in [-0.39, 0.29) is 30.3 Å². The van der Waals surface area contributed by atoms with E-state index in [0.717, 1.165) is 40.9 Å². The molecule has 0 saturated carbocycles. The number of hydrogen-bond donors (Lipinski definition) is 1. The summed E-state index contributed by atoms with van der Waals surface area (Å²) in [4.78, 5) is 37.8. The van der Waals surface area contributed by atoms with Gasteiger partial charge in [-0.25, -0.2) is 14.8 Å². The van der Waals surface area contributed by atoms with Crippen molar-refractivity contribution in [1.29, 1.82) is 0 Å². The molecule has 0 radical (unpaired) electrons. The fourth-order valence-corrected chi connectivity index (χ4v) is 5.60. The number of nitrogens with one attached hydrogen (secondary N) is 1. The fraction of sp³-hybridized carbons (Fsp3) is 0.545. The molecule has 1 N–H and O–H groups in total. The Morgan fingerprint density at radius 2 is 1.84 bits per heavy atom. The Labute approximate surface area is 259 Å². The number of piperidine rings is 1. The summed E-state index contributed by atoms with van der Waals surface area (Å²) in [7, 11) is 0. The van der Waals surface area contributed by atoms with E-state index in [9.17, 15) is 9.59 Å². The smallest absolute Gasteiger partial charge is 0.410 e. The van der Waals surface area contributed by atoms with Crippen molar-refractivity contribution in [3.05, 3.63) is 54.0 Å². The number of carbonyl (C=O) groups excluding carboxylic acids is 2. The first kappa shape index (κ1) is 31.4. The zero-order valence-corrected chi connectivity index (χ0v) is 26.7. The molecule has 2 fully saturated rings. The summed E-state index contributed by atoms with van der Waals surface area (Å²) < 4.78 is 13.2. The number of anilines is 2. The maximum atomic E-state index is 12.6. The van der Waals surface area contributed by atoms with Crippen molar-refractivity contribution in [2.24, 2.45) is 0 Å². The highest BCUT2D eigenvalue weighted by Gasteiger charge is 2.31. The summed E-state index contributed by atoms with van der Waals surface area (Å²) in [5.41, 5.74) is 4.40. The second-order valence-corrected chi connectivity index (χ2v) is 13.0. The molecule has 0 spiro atoms. The molecule has 2 saturated heterocycles. The molecule has 0 unspecified atom stereocenters. The summed E-state index contributed by atoms with van der Waals surface area (Å²) >= 11 is 0. The number of hydrogen-bond acceptors (Lipinski definition) is 8. The van der Waals surface area contributed by atoms with E-state index in [1.807, 2.05) is 56.5 Å². The summed E-state index contributed by atoms with van der Waals surface area (Å²) in [6, 6.07) is 8.35. The topological polar surface area (TPSA) is 115 Å². The minimum Gasteiger partial charge on any atom is -0.444 e. The van der Waals surface area contributed by atoms with E-state index in [2.05, 4.69) is 40.5 Å². The summed E-state index contributed by atoms with van der Waals surface area (Å²) in [5, 5.41) is 7.84. The highest BCUT2D eigenvalue weighted by molar-refractivity contribution is 5.77. The van der Waals surface area contributed by atoms with Crippen molar-refractivity contribution < 1.29 is 19.1 Å². The summed E-state index contributed by atoms with van der Waals surface area (Å²) in [6.07, 6.45) is 8.38. The Morgan fingerprint density at radius 3 is 2.52 bits per heavy atom. The molecule has 3 aromatic rings. The number of ether oxygens (including phenoxy) is 2. The monoisotopic (exact) mass is 603 g/mol. The van der Waals surface area contributed by atoms with Crippen molar-refractivity contribution in [3.8, 4) is 11.3 Å². The van der Waals surface area contributed by atoms with Crippen LogP contribution in [0, 0.1) is 6.92 Å². The van der Waals surface area contributed by atoms with Crippen LogP contribution in [0.2, 0.25) is 0 Å². The first-order chi connectivity index (χ1) is 20.9. The molecule has 0 atom stereocenters. The first-order valence-corrected chi connectivity index (χ1v) is 15.6. The minimum atomic E-state index is -0.499. The number of aryl methyl sites for hydroxylation is 2. The van der Waals surface area contributed by atoms with E-state index >= 15 is 0 Å². The van der Waals surface area contributed by atoms with Gasteiger partial charge in [0, 0.05) is 50.6 Å². The van der Waals surface area contributed by atoms with Crippen molar-refractivity contribution in [2.75, 3.05) is 31.5 Å².